The van der Waals surface area contributed by atoms with E-state index in [0.29, 0.717) is 13.2 Å². The molecule has 7 aromatic rings. The largest absolute Gasteiger partial charge is 0.374 e. The van der Waals surface area contributed by atoms with Crippen LogP contribution in [-0.2, 0) is 98.4 Å². The van der Waals surface area contributed by atoms with Crippen LogP contribution in [0.2, 0.25) is 0 Å². The van der Waals surface area contributed by atoms with Gasteiger partial charge in [0, 0.05) is 0 Å². The molecule has 0 N–H and O–H groups in total. The smallest absolute Gasteiger partial charge is 0.187 e. The van der Waals surface area contributed by atoms with Gasteiger partial charge in [-0.2, -0.15) is 0 Å². The van der Waals surface area contributed by atoms with Gasteiger partial charge in [0.1, 0.15) is 48.8 Å². The van der Waals surface area contributed by atoms with Gasteiger partial charge in [-0.05, 0) is 38.9 Å². The van der Waals surface area contributed by atoms with Gasteiger partial charge in [-0.15, -0.1) is 6.58 Å². The first-order valence-electron chi connectivity index (χ1n) is 25.9. The SMILES string of the molecule is C=CCO[C@H]1O[C@H](COC2O[C@H](COCc3ccccc3)[C@@H](OCc3ccccc3)[C@H](OCc3ccccc3)[C@H]2OCc2ccccc2)[C@@H](OCc2ccccc2)[C@H](OCc2ccccc2)[C@H]1OCc1ccccc1. The Kier molecular flexibility index (Phi) is 20.9. The normalized spacial score (nSPS) is 23.6. The third-order valence-corrected chi connectivity index (χ3v) is 13.1. The lowest BCUT2D eigenvalue weighted by Crippen LogP contribution is -2.64. The molecule has 2 saturated heterocycles. The molecule has 0 aromatic heterocycles. The van der Waals surface area contributed by atoms with E-state index in [2.05, 4.69) is 6.58 Å². The standard InChI is InChI=1S/C64H68O11/c1-2-38-66-63-61(71-44-53-34-20-8-21-35-53)60(70-43-52-32-18-7-19-33-52)58(68-41-50-28-14-5-15-29-50)56(75-63)47-73-64-62(72-45-54-36-22-9-23-37-54)59(69-42-51-30-16-6-17-31-51)57(67-40-49-26-12-4-13-27-49)55(74-64)46-65-39-48-24-10-3-11-25-48/h2-37,55-64H,1,38-47H2/t55-,56-,57-,58-,59+,60+,61-,62-,63+,64?/m1/s1. The number of hydrogen-bond donors (Lipinski definition) is 0. The van der Waals surface area contributed by atoms with Gasteiger partial charge in [0.05, 0.1) is 66.1 Å². The number of rotatable bonds is 28. The van der Waals surface area contributed by atoms with Gasteiger partial charge in [0.15, 0.2) is 12.6 Å². The van der Waals surface area contributed by atoms with Crippen molar-refractivity contribution in [1.82, 2.24) is 0 Å². The van der Waals surface area contributed by atoms with Crippen molar-refractivity contribution < 1.29 is 52.1 Å². The number of ether oxygens (including phenoxy) is 11. The average molecular weight is 1010 g/mol. The molecule has 2 aliphatic rings. The molecule has 0 bridgehead atoms. The second-order valence-corrected chi connectivity index (χ2v) is 18.6. The minimum absolute atomic E-state index is 0.0294. The Bertz CT molecular complexity index is 2630. The van der Waals surface area contributed by atoms with Crippen molar-refractivity contribution in [3.8, 4) is 0 Å². The highest BCUT2D eigenvalue weighted by Crippen LogP contribution is 2.35. The monoisotopic (exact) mass is 1010 g/mol. The molecular weight excluding hydrogens is 945 g/mol. The summed E-state index contributed by atoms with van der Waals surface area (Å²) in [5.74, 6) is 0. The van der Waals surface area contributed by atoms with E-state index in [9.17, 15) is 0 Å². The lowest BCUT2D eigenvalue weighted by Gasteiger charge is -2.48. The minimum Gasteiger partial charge on any atom is -0.374 e. The maximum Gasteiger partial charge on any atom is 0.187 e. The molecule has 0 radical (unpaired) electrons. The van der Waals surface area contributed by atoms with E-state index in [4.69, 9.17) is 52.1 Å². The Morgan fingerprint density at radius 3 is 0.880 bits per heavy atom. The predicted octanol–water partition coefficient (Wildman–Crippen LogP) is 11.4. The van der Waals surface area contributed by atoms with Crippen LogP contribution in [0.5, 0.6) is 0 Å². The Morgan fingerprint density at radius 1 is 0.293 bits per heavy atom. The Labute approximate surface area is 441 Å². The molecular formula is C64H68O11. The van der Waals surface area contributed by atoms with Crippen LogP contribution in [0.4, 0.5) is 0 Å². The van der Waals surface area contributed by atoms with E-state index in [0.717, 1.165) is 38.9 Å². The maximum atomic E-state index is 7.12. The highest BCUT2D eigenvalue weighted by Gasteiger charge is 2.52. The van der Waals surface area contributed by atoms with Crippen molar-refractivity contribution in [3.63, 3.8) is 0 Å². The predicted molar refractivity (Wildman–Crippen MR) is 286 cm³/mol. The summed E-state index contributed by atoms with van der Waals surface area (Å²) in [4.78, 5) is 0. The van der Waals surface area contributed by atoms with Gasteiger partial charge < -0.3 is 52.1 Å². The van der Waals surface area contributed by atoms with Crippen LogP contribution in [0.25, 0.3) is 0 Å². The first-order chi connectivity index (χ1) is 37.2. The van der Waals surface area contributed by atoms with Crippen LogP contribution in [0, 0.1) is 0 Å². The maximum absolute atomic E-state index is 7.12. The molecule has 11 heteroatoms. The van der Waals surface area contributed by atoms with Crippen LogP contribution >= 0.6 is 0 Å². The number of hydrogen-bond acceptors (Lipinski definition) is 11. The minimum atomic E-state index is -1.02. The van der Waals surface area contributed by atoms with Crippen LogP contribution in [-0.4, -0.2) is 81.2 Å². The number of benzene rings is 7. The van der Waals surface area contributed by atoms with Crippen LogP contribution < -0.4 is 0 Å². The lowest BCUT2D eigenvalue weighted by atomic mass is 9.96. The molecule has 2 aliphatic heterocycles. The topological polar surface area (TPSA) is 102 Å². The zero-order chi connectivity index (χ0) is 51.1. The summed E-state index contributed by atoms with van der Waals surface area (Å²) in [5.41, 5.74) is 6.96. The molecule has 2 heterocycles. The van der Waals surface area contributed by atoms with Crippen molar-refractivity contribution >= 4 is 0 Å². The van der Waals surface area contributed by atoms with E-state index < -0.39 is 61.4 Å². The van der Waals surface area contributed by atoms with E-state index in [1.54, 1.807) is 6.08 Å². The van der Waals surface area contributed by atoms with E-state index in [1.807, 2.05) is 212 Å². The third kappa shape index (κ3) is 16.2. The third-order valence-electron chi connectivity index (χ3n) is 13.1. The van der Waals surface area contributed by atoms with Gasteiger partial charge in [0.25, 0.3) is 0 Å². The average Bonchev–Trinajstić information content (AvgIpc) is 3.47. The fraction of sp³-hybridized carbons (Fsp3) is 0.312. The molecule has 9 rings (SSSR count). The molecule has 7 aromatic carbocycles. The second kappa shape index (κ2) is 29.2. The van der Waals surface area contributed by atoms with Crippen LogP contribution in [0.3, 0.4) is 0 Å². The highest BCUT2D eigenvalue weighted by molar-refractivity contribution is 5.19. The zero-order valence-corrected chi connectivity index (χ0v) is 42.3. The summed E-state index contributed by atoms with van der Waals surface area (Å²) in [6.07, 6.45) is -6.03. The summed E-state index contributed by atoms with van der Waals surface area (Å²) in [6, 6.07) is 70.4. The Hall–Kier alpha value is -6.16. The molecule has 0 saturated carbocycles. The Morgan fingerprint density at radius 2 is 0.560 bits per heavy atom. The summed E-state index contributed by atoms with van der Waals surface area (Å²) in [5, 5.41) is 0. The zero-order valence-electron chi connectivity index (χ0n) is 42.3. The first-order valence-corrected chi connectivity index (χ1v) is 25.9. The van der Waals surface area contributed by atoms with Crippen molar-refractivity contribution in [1.29, 1.82) is 0 Å². The molecule has 0 spiro atoms. The van der Waals surface area contributed by atoms with Gasteiger partial charge >= 0.3 is 0 Å². The second-order valence-electron chi connectivity index (χ2n) is 18.6. The van der Waals surface area contributed by atoms with E-state index in [1.165, 1.54) is 0 Å². The van der Waals surface area contributed by atoms with Gasteiger partial charge in [0.2, 0.25) is 0 Å². The molecule has 1 unspecified atom stereocenters. The highest BCUT2D eigenvalue weighted by atomic mass is 16.8. The molecule has 390 valence electrons. The summed E-state index contributed by atoms with van der Waals surface area (Å²) >= 11 is 0. The van der Waals surface area contributed by atoms with Crippen LogP contribution in [0.15, 0.2) is 225 Å². The molecule has 11 nitrogen and oxygen atoms in total. The molecule has 0 aliphatic carbocycles. The summed E-state index contributed by atoms with van der Waals surface area (Å²) in [7, 11) is 0. The fourth-order valence-corrected chi connectivity index (χ4v) is 9.25. The van der Waals surface area contributed by atoms with Crippen molar-refractivity contribution in [3.05, 3.63) is 264 Å². The van der Waals surface area contributed by atoms with Crippen molar-refractivity contribution in [2.75, 3.05) is 19.8 Å². The fourth-order valence-electron chi connectivity index (χ4n) is 9.25. The van der Waals surface area contributed by atoms with Gasteiger partial charge in [-0.25, -0.2) is 0 Å². The summed E-state index contributed by atoms with van der Waals surface area (Å²) < 4.78 is 75.9. The van der Waals surface area contributed by atoms with Crippen LogP contribution in [0.1, 0.15) is 38.9 Å². The first kappa shape index (κ1) is 53.7. The van der Waals surface area contributed by atoms with Crippen molar-refractivity contribution in [2.45, 2.75) is 108 Å². The summed E-state index contributed by atoms with van der Waals surface area (Å²) in [6.45, 7) is 6.30. The quantitative estimate of drug-likeness (QED) is 0.0438. The van der Waals surface area contributed by atoms with Crippen molar-refractivity contribution in [2.24, 2.45) is 0 Å². The van der Waals surface area contributed by atoms with E-state index >= 15 is 0 Å². The molecule has 10 atom stereocenters. The Balaban J connectivity index is 1.06. The molecule has 0 amide bonds. The van der Waals surface area contributed by atoms with Gasteiger partial charge in [-0.1, -0.05) is 218 Å². The molecule has 75 heavy (non-hydrogen) atoms. The molecule has 2 fully saturated rings. The van der Waals surface area contributed by atoms with Gasteiger partial charge in [-0.3, -0.25) is 0 Å². The van der Waals surface area contributed by atoms with E-state index in [-0.39, 0.29) is 52.9 Å². The lowest BCUT2D eigenvalue weighted by molar-refractivity contribution is -0.352.